The van der Waals surface area contributed by atoms with Gasteiger partial charge in [0.05, 0.1) is 6.04 Å². The number of nitrogen functional groups attached to an aromatic ring is 2. The van der Waals surface area contributed by atoms with Gasteiger partial charge in [-0.1, -0.05) is 24.3 Å². The Balaban J connectivity index is 0.00000104. The van der Waals surface area contributed by atoms with E-state index >= 15 is 0 Å². The van der Waals surface area contributed by atoms with Crippen LogP contribution >= 0.6 is 0 Å². The molecule has 236 valence electrons. The van der Waals surface area contributed by atoms with E-state index in [9.17, 15) is 35.9 Å². The van der Waals surface area contributed by atoms with Gasteiger partial charge < -0.3 is 36.8 Å². The van der Waals surface area contributed by atoms with Gasteiger partial charge in [0.1, 0.15) is 24.0 Å². The summed E-state index contributed by atoms with van der Waals surface area (Å²) >= 11 is 0. The highest BCUT2D eigenvalue weighted by Gasteiger charge is 2.38. The van der Waals surface area contributed by atoms with Gasteiger partial charge in [0.25, 0.3) is 5.91 Å². The second kappa shape index (κ2) is 16.8. The predicted molar refractivity (Wildman–Crippen MR) is 136 cm³/mol. The maximum atomic E-state index is 12.5. The first-order chi connectivity index (χ1) is 19.6. The van der Waals surface area contributed by atoms with Crippen LogP contribution in [0.15, 0.2) is 48.5 Å². The highest BCUT2D eigenvalue weighted by atomic mass is 19.4. The summed E-state index contributed by atoms with van der Waals surface area (Å²) in [5.74, 6) is -6.62. The fourth-order valence-electron chi connectivity index (χ4n) is 2.51. The van der Waals surface area contributed by atoms with Crippen LogP contribution in [0.3, 0.4) is 0 Å². The zero-order valence-corrected chi connectivity index (χ0v) is 21.6. The SMILES string of the molecule is N=C(N)c1ccc(C(=O)N[C@H](CCC(=O)O)COc2cccc(C(=N)N)c2)cc1.O=C(O)C(F)(F)F.O=C(O)C(F)(F)F. The fraction of sp³-hybridized carbons (Fsp3) is 0.250. The van der Waals surface area contributed by atoms with E-state index in [-0.39, 0.29) is 31.1 Å². The number of rotatable bonds is 10. The van der Waals surface area contributed by atoms with Gasteiger partial charge in [-0.15, -0.1) is 0 Å². The number of carboxylic acids is 3. The van der Waals surface area contributed by atoms with Crippen molar-refractivity contribution in [2.45, 2.75) is 31.2 Å². The van der Waals surface area contributed by atoms with Crippen LogP contribution in [0, 0.1) is 10.8 Å². The molecule has 0 aliphatic heterocycles. The second-order valence-corrected chi connectivity index (χ2v) is 7.95. The molecule has 1 amide bonds. The van der Waals surface area contributed by atoms with Gasteiger partial charge in [-0.3, -0.25) is 20.4 Å². The summed E-state index contributed by atoms with van der Waals surface area (Å²) in [7, 11) is 0. The number of hydrogen-bond acceptors (Lipinski definition) is 7. The molecule has 0 aromatic heterocycles. The smallest absolute Gasteiger partial charge is 0.490 e. The molecule has 0 fully saturated rings. The molecule has 0 bridgehead atoms. The molecule has 0 unspecified atom stereocenters. The molecule has 0 heterocycles. The summed E-state index contributed by atoms with van der Waals surface area (Å²) in [6, 6.07) is 12.3. The average molecular weight is 625 g/mol. The molecule has 2 aromatic carbocycles. The number of halogens is 6. The van der Waals surface area contributed by atoms with Crippen molar-refractivity contribution in [2.24, 2.45) is 11.5 Å². The van der Waals surface area contributed by atoms with Crippen molar-refractivity contribution in [2.75, 3.05) is 6.61 Å². The molecule has 0 saturated carbocycles. The van der Waals surface area contributed by atoms with Crippen molar-refractivity contribution in [3.8, 4) is 5.75 Å². The molecule has 0 radical (unpaired) electrons. The first-order valence-electron chi connectivity index (χ1n) is 11.3. The van der Waals surface area contributed by atoms with E-state index in [1.807, 2.05) is 0 Å². The minimum Gasteiger partial charge on any atom is -0.491 e. The lowest BCUT2D eigenvalue weighted by Gasteiger charge is -2.19. The normalized spacial score (nSPS) is 11.3. The van der Waals surface area contributed by atoms with E-state index < -0.39 is 42.2 Å². The van der Waals surface area contributed by atoms with Gasteiger partial charge in [0, 0.05) is 23.1 Å². The minimum absolute atomic E-state index is 0.0475. The highest BCUT2D eigenvalue weighted by Crippen LogP contribution is 2.15. The number of amidine groups is 2. The number of hydrogen-bond donors (Lipinski definition) is 8. The van der Waals surface area contributed by atoms with Crippen LogP contribution in [0.25, 0.3) is 0 Å². The fourth-order valence-corrected chi connectivity index (χ4v) is 2.51. The number of amides is 1. The van der Waals surface area contributed by atoms with E-state index in [4.69, 9.17) is 51.9 Å². The summed E-state index contributed by atoms with van der Waals surface area (Å²) in [4.78, 5) is 41.2. The van der Waals surface area contributed by atoms with Gasteiger partial charge in [0.2, 0.25) is 0 Å². The molecule has 0 aliphatic rings. The summed E-state index contributed by atoms with van der Waals surface area (Å²) in [6.45, 7) is 0.0475. The standard InChI is InChI=1S/C20H23N5O4.2C2HF3O2/c21-18(22)12-4-6-13(7-5-12)20(28)25-15(8-9-17(26)27)11-29-16-3-1-2-14(10-16)19(23)24;2*3-2(4,5)1(6)7/h1-7,10,15H,8-9,11H2,(H3,21,22)(H3,23,24)(H,25,28)(H,26,27);2*(H,6,7)/t15-;;/m1../s1. The molecule has 13 nitrogen and oxygen atoms in total. The molecule has 2 aromatic rings. The van der Waals surface area contributed by atoms with E-state index in [1.54, 1.807) is 36.4 Å². The van der Waals surface area contributed by atoms with Crippen molar-refractivity contribution in [3.63, 3.8) is 0 Å². The number of nitrogens with one attached hydrogen (secondary N) is 3. The van der Waals surface area contributed by atoms with Gasteiger partial charge in [-0.2, -0.15) is 26.3 Å². The maximum Gasteiger partial charge on any atom is 0.490 e. The summed E-state index contributed by atoms with van der Waals surface area (Å²) in [6.07, 6.45) is -10.1. The first kappa shape index (κ1) is 37.6. The number of nitrogens with two attached hydrogens (primary N) is 2. The van der Waals surface area contributed by atoms with Crippen LogP contribution in [-0.2, 0) is 14.4 Å². The van der Waals surface area contributed by atoms with Crippen LogP contribution in [0.1, 0.15) is 34.3 Å². The van der Waals surface area contributed by atoms with Gasteiger partial charge >= 0.3 is 30.3 Å². The van der Waals surface area contributed by atoms with Crippen LogP contribution in [0.5, 0.6) is 5.75 Å². The molecular formula is C24H25F6N5O8. The molecule has 2 rings (SSSR count). The lowest BCUT2D eigenvalue weighted by Crippen LogP contribution is -2.39. The summed E-state index contributed by atoms with van der Waals surface area (Å²) in [5, 5.41) is 40.8. The predicted octanol–water partition coefficient (Wildman–Crippen LogP) is 2.56. The molecular weight excluding hydrogens is 600 g/mol. The average Bonchev–Trinajstić information content (AvgIpc) is 2.89. The van der Waals surface area contributed by atoms with Crippen molar-refractivity contribution < 1.29 is 65.6 Å². The molecule has 19 heteroatoms. The lowest BCUT2D eigenvalue weighted by molar-refractivity contribution is -0.193. The molecule has 10 N–H and O–H groups in total. The lowest BCUT2D eigenvalue weighted by atomic mass is 10.1. The number of aliphatic carboxylic acids is 3. The number of alkyl halides is 6. The molecule has 0 saturated heterocycles. The quantitative estimate of drug-likeness (QED) is 0.109. The third-order valence-corrected chi connectivity index (χ3v) is 4.58. The van der Waals surface area contributed by atoms with E-state index in [1.165, 1.54) is 12.1 Å². The van der Waals surface area contributed by atoms with E-state index in [0.717, 1.165) is 0 Å². The first-order valence-corrected chi connectivity index (χ1v) is 11.3. The summed E-state index contributed by atoms with van der Waals surface area (Å²) in [5.41, 5.74) is 12.2. The minimum atomic E-state index is -5.08. The van der Waals surface area contributed by atoms with Crippen LogP contribution in [0.4, 0.5) is 26.3 Å². The van der Waals surface area contributed by atoms with Crippen molar-refractivity contribution in [3.05, 3.63) is 65.2 Å². The zero-order valence-electron chi connectivity index (χ0n) is 21.6. The monoisotopic (exact) mass is 625 g/mol. The van der Waals surface area contributed by atoms with E-state index in [2.05, 4.69) is 5.32 Å². The Bertz CT molecular complexity index is 1280. The number of carboxylic acid groups (broad SMARTS) is 3. The summed E-state index contributed by atoms with van der Waals surface area (Å²) < 4.78 is 69.1. The van der Waals surface area contributed by atoms with Crippen LogP contribution in [-0.4, -0.2) is 75.8 Å². The zero-order chi connectivity index (χ0) is 33.5. The molecule has 1 atom stereocenters. The molecule has 43 heavy (non-hydrogen) atoms. The largest absolute Gasteiger partial charge is 0.491 e. The Hall–Kier alpha value is -5.36. The maximum absolute atomic E-state index is 12.5. The topological polar surface area (TPSA) is 250 Å². The van der Waals surface area contributed by atoms with Crippen LogP contribution in [0.2, 0.25) is 0 Å². The van der Waals surface area contributed by atoms with Gasteiger partial charge in [-0.25, -0.2) is 9.59 Å². The van der Waals surface area contributed by atoms with Crippen LogP contribution < -0.4 is 21.5 Å². The van der Waals surface area contributed by atoms with Gasteiger partial charge in [-0.05, 0) is 30.7 Å². The van der Waals surface area contributed by atoms with E-state index in [0.29, 0.717) is 22.4 Å². The Morgan fingerprint density at radius 2 is 1.23 bits per heavy atom. The molecule has 0 spiro atoms. The van der Waals surface area contributed by atoms with Crippen molar-refractivity contribution in [1.82, 2.24) is 5.32 Å². The highest BCUT2D eigenvalue weighted by molar-refractivity contribution is 5.98. The van der Waals surface area contributed by atoms with Gasteiger partial charge in [0.15, 0.2) is 0 Å². The number of ether oxygens (including phenoxy) is 1. The number of benzene rings is 2. The Morgan fingerprint density at radius 1 is 0.791 bits per heavy atom. The Labute approximate surface area is 238 Å². The Morgan fingerprint density at radius 3 is 1.63 bits per heavy atom. The second-order valence-electron chi connectivity index (χ2n) is 7.95. The third-order valence-electron chi connectivity index (χ3n) is 4.58. The molecule has 0 aliphatic carbocycles. The van der Waals surface area contributed by atoms with Crippen molar-refractivity contribution in [1.29, 1.82) is 10.8 Å². The third kappa shape index (κ3) is 15.9. The number of carbonyl (C=O) groups is 4. The number of carbonyl (C=O) groups excluding carboxylic acids is 1. The Kier molecular flexibility index (Phi) is 14.7. The van der Waals surface area contributed by atoms with Crippen molar-refractivity contribution >= 4 is 35.5 Å².